The van der Waals surface area contributed by atoms with Crippen molar-refractivity contribution in [2.24, 2.45) is 0 Å². The first kappa shape index (κ1) is 11.0. The Morgan fingerprint density at radius 1 is 1.36 bits per heavy atom. The van der Waals surface area contributed by atoms with Crippen molar-refractivity contribution in [3.05, 3.63) is 25.3 Å². The Labute approximate surface area is 79.4 Å². The van der Waals surface area contributed by atoms with E-state index in [1.165, 1.54) is 6.42 Å². The van der Waals surface area contributed by atoms with Gasteiger partial charge in [0.2, 0.25) is 0 Å². The van der Waals surface area contributed by atoms with E-state index in [0.717, 1.165) is 13.1 Å². The second-order valence-corrected chi connectivity index (χ2v) is 2.79. The van der Waals surface area contributed by atoms with Crippen LogP contribution in [0.25, 0.3) is 0 Å². The summed E-state index contributed by atoms with van der Waals surface area (Å²) in [5.74, 6) is 0. The molecule has 0 aromatic carbocycles. The van der Waals surface area contributed by atoms with E-state index in [0.29, 0.717) is 4.71 Å². The third-order valence-corrected chi connectivity index (χ3v) is 1.94. The van der Waals surface area contributed by atoms with Crippen LogP contribution in [-0.2, 0) is 0 Å². The maximum absolute atomic E-state index is 3.72. The summed E-state index contributed by atoms with van der Waals surface area (Å²) in [6.07, 6.45) is 5.06. The molecule has 0 rings (SSSR count). The molecule has 0 radical (unpaired) electrons. The fraction of sp³-hybridized carbons (Fsp3) is 0.556. The number of rotatable bonds is 6. The number of hydrogen-bond acceptors (Lipinski definition) is 1. The van der Waals surface area contributed by atoms with Crippen LogP contribution in [0.5, 0.6) is 0 Å². The Bertz CT molecular complexity index is 113. The van der Waals surface area contributed by atoms with Crippen LogP contribution in [0.2, 0.25) is 0 Å². The topological polar surface area (TPSA) is 3.24 Å². The van der Waals surface area contributed by atoms with Crippen LogP contribution in [0, 0.1) is 0 Å². The molecule has 0 aliphatic rings. The summed E-state index contributed by atoms with van der Waals surface area (Å²) >= 11 is 2.23. The number of nitrogens with zero attached hydrogens (tertiary/aromatic N) is 1. The van der Waals surface area contributed by atoms with Gasteiger partial charge in [0.25, 0.3) is 0 Å². The Kier molecular flexibility index (Phi) is 6.75. The normalized spacial score (nSPS) is 13.1. The molecule has 0 bridgehead atoms. The van der Waals surface area contributed by atoms with E-state index in [1.54, 1.807) is 0 Å². The second kappa shape index (κ2) is 6.73. The SMILES string of the molecule is [Li][CH](CC)N(CC=C)CC=C. The summed E-state index contributed by atoms with van der Waals surface area (Å²) in [7, 11) is 0. The van der Waals surface area contributed by atoms with Crippen LogP contribution in [0.1, 0.15) is 13.3 Å². The Balaban J connectivity index is 3.84. The molecule has 11 heavy (non-hydrogen) atoms. The van der Waals surface area contributed by atoms with Gasteiger partial charge in [0.05, 0.1) is 0 Å². The molecule has 2 heteroatoms. The predicted molar refractivity (Wildman–Crippen MR) is 51.8 cm³/mol. The van der Waals surface area contributed by atoms with Gasteiger partial charge in [-0.25, -0.2) is 0 Å². The zero-order chi connectivity index (χ0) is 8.69. The van der Waals surface area contributed by atoms with E-state index in [4.69, 9.17) is 0 Å². The molecular formula is C9H16LiN. The zero-order valence-corrected chi connectivity index (χ0v) is 7.71. The summed E-state index contributed by atoms with van der Waals surface area (Å²) in [6, 6.07) is 0. The summed E-state index contributed by atoms with van der Waals surface area (Å²) in [6.45, 7) is 11.6. The Morgan fingerprint density at radius 2 is 1.82 bits per heavy atom. The standard InChI is InChI=1S/C9H16N.Li/c1-4-7-10(8-5-2)9-6-3;/h4-5,9H,1-2,6-8H2,3H3;. The molecule has 0 aliphatic carbocycles. The fourth-order valence-corrected chi connectivity index (χ4v) is 1.02. The van der Waals surface area contributed by atoms with Crippen molar-refractivity contribution >= 4 is 17.7 Å². The van der Waals surface area contributed by atoms with Crippen molar-refractivity contribution in [1.82, 2.24) is 4.90 Å². The first-order valence-electron chi connectivity index (χ1n) is 4.22. The molecule has 0 amide bonds. The monoisotopic (exact) mass is 145 g/mol. The maximum atomic E-state index is 3.72. The van der Waals surface area contributed by atoms with Crippen LogP contribution in [0.3, 0.4) is 0 Å². The molecule has 1 nitrogen and oxygen atoms in total. The minimum atomic E-state index is 0.631. The molecule has 0 aromatic heterocycles. The molecule has 0 aromatic rings. The first-order chi connectivity index (χ1) is 5.26. The van der Waals surface area contributed by atoms with Gasteiger partial charge in [0.1, 0.15) is 0 Å². The molecule has 0 saturated heterocycles. The Hall–Kier alpha value is 0.0374. The zero-order valence-electron chi connectivity index (χ0n) is 7.71. The van der Waals surface area contributed by atoms with Gasteiger partial charge in [-0.3, -0.25) is 0 Å². The van der Waals surface area contributed by atoms with E-state index in [2.05, 4.69) is 42.7 Å². The average Bonchev–Trinajstić information content (AvgIpc) is 2.03. The van der Waals surface area contributed by atoms with Crippen molar-refractivity contribution in [2.75, 3.05) is 13.1 Å². The van der Waals surface area contributed by atoms with Crippen LogP contribution in [0.15, 0.2) is 25.3 Å². The minimum absolute atomic E-state index is 0.631. The van der Waals surface area contributed by atoms with Crippen molar-refractivity contribution < 1.29 is 0 Å². The summed E-state index contributed by atoms with van der Waals surface area (Å²) in [5.41, 5.74) is 0. The van der Waals surface area contributed by atoms with Gasteiger partial charge in [-0.1, -0.05) is 0 Å². The van der Waals surface area contributed by atoms with Gasteiger partial charge in [0, 0.05) is 0 Å². The predicted octanol–water partition coefficient (Wildman–Crippen LogP) is 1.56. The molecule has 0 aliphatic heterocycles. The molecule has 1 atom stereocenters. The van der Waals surface area contributed by atoms with Crippen LogP contribution < -0.4 is 0 Å². The summed E-state index contributed by atoms with van der Waals surface area (Å²) < 4.78 is 0.631. The molecular weight excluding hydrogens is 129 g/mol. The second-order valence-electron chi connectivity index (χ2n) is 2.79. The van der Waals surface area contributed by atoms with Crippen LogP contribution >= 0.6 is 0 Å². The van der Waals surface area contributed by atoms with Crippen molar-refractivity contribution in [1.29, 1.82) is 0 Å². The third-order valence-electron chi connectivity index (χ3n) is 1.94. The molecule has 1 unspecified atom stereocenters. The Morgan fingerprint density at radius 3 is 2.09 bits per heavy atom. The fourth-order valence-electron chi connectivity index (χ4n) is 1.02. The van der Waals surface area contributed by atoms with Crippen molar-refractivity contribution in [2.45, 2.75) is 18.1 Å². The molecule has 58 valence electrons. The first-order valence-corrected chi connectivity index (χ1v) is 4.22. The molecule has 0 spiro atoms. The third kappa shape index (κ3) is 4.47. The van der Waals surface area contributed by atoms with Crippen molar-refractivity contribution in [3.8, 4) is 0 Å². The van der Waals surface area contributed by atoms with E-state index >= 15 is 0 Å². The summed E-state index contributed by atoms with van der Waals surface area (Å²) in [5, 5.41) is 0. The summed E-state index contributed by atoms with van der Waals surface area (Å²) in [4.78, 5) is 2.35. The van der Waals surface area contributed by atoms with Gasteiger partial charge >= 0.3 is 79.1 Å². The van der Waals surface area contributed by atoms with E-state index in [1.807, 2.05) is 12.2 Å². The van der Waals surface area contributed by atoms with Gasteiger partial charge in [-0.15, -0.1) is 0 Å². The van der Waals surface area contributed by atoms with Crippen molar-refractivity contribution in [3.63, 3.8) is 0 Å². The quantitative estimate of drug-likeness (QED) is 0.405. The van der Waals surface area contributed by atoms with E-state index in [-0.39, 0.29) is 0 Å². The van der Waals surface area contributed by atoms with Gasteiger partial charge in [0.15, 0.2) is 0 Å². The van der Waals surface area contributed by atoms with Gasteiger partial charge in [-0.2, -0.15) is 0 Å². The van der Waals surface area contributed by atoms with E-state index in [9.17, 15) is 0 Å². The van der Waals surface area contributed by atoms with Crippen LogP contribution in [-0.4, -0.2) is 40.4 Å². The van der Waals surface area contributed by atoms with Gasteiger partial charge in [-0.05, 0) is 0 Å². The molecule has 0 heterocycles. The van der Waals surface area contributed by atoms with Crippen LogP contribution in [0.4, 0.5) is 0 Å². The van der Waals surface area contributed by atoms with E-state index < -0.39 is 0 Å². The number of hydrogen-bond donors (Lipinski definition) is 0. The molecule has 0 saturated carbocycles. The average molecular weight is 145 g/mol. The molecule has 0 fully saturated rings. The molecule has 0 N–H and O–H groups in total. The van der Waals surface area contributed by atoms with Gasteiger partial charge < -0.3 is 0 Å².